The number of alkyl halides is 2. The molecule has 0 aliphatic carbocycles. The van der Waals surface area contributed by atoms with Gasteiger partial charge in [0.15, 0.2) is 0 Å². The van der Waals surface area contributed by atoms with Gasteiger partial charge in [0, 0.05) is 36.6 Å². The number of fused-ring (bicyclic) bond motifs is 2. The van der Waals surface area contributed by atoms with Crippen LogP contribution in [0.5, 0.6) is 0 Å². The molecule has 2 aliphatic rings. The van der Waals surface area contributed by atoms with Gasteiger partial charge < -0.3 is 15.5 Å². The highest BCUT2D eigenvalue weighted by Gasteiger charge is 2.29. The third kappa shape index (κ3) is 3.34. The zero-order valence-electron chi connectivity index (χ0n) is 17.6. The molecule has 3 heterocycles. The number of hydrogen-bond donors (Lipinski definition) is 2. The molecular formula is C24H25F2N5. The number of anilines is 4. The highest BCUT2D eigenvalue weighted by Crippen LogP contribution is 2.46. The maximum absolute atomic E-state index is 14.1. The van der Waals surface area contributed by atoms with Crippen LogP contribution in [-0.4, -0.2) is 22.5 Å². The van der Waals surface area contributed by atoms with E-state index in [4.69, 9.17) is 0 Å². The zero-order valence-corrected chi connectivity index (χ0v) is 17.6. The summed E-state index contributed by atoms with van der Waals surface area (Å²) in [6, 6.07) is 9.65. The van der Waals surface area contributed by atoms with Crippen LogP contribution < -0.4 is 15.5 Å². The molecule has 1 aromatic heterocycles. The van der Waals surface area contributed by atoms with Crippen LogP contribution in [0.4, 0.5) is 31.5 Å². The van der Waals surface area contributed by atoms with Crippen molar-refractivity contribution in [1.29, 1.82) is 0 Å². The maximum atomic E-state index is 14.1. The van der Waals surface area contributed by atoms with Crippen LogP contribution in [0.2, 0.25) is 0 Å². The Morgan fingerprint density at radius 3 is 2.77 bits per heavy atom. The van der Waals surface area contributed by atoms with Gasteiger partial charge in [0.25, 0.3) is 6.43 Å². The molecule has 0 unspecified atom stereocenters. The molecule has 2 aliphatic heterocycles. The van der Waals surface area contributed by atoms with E-state index in [1.54, 1.807) is 30.2 Å². The van der Waals surface area contributed by atoms with Gasteiger partial charge in [0.05, 0.1) is 23.3 Å². The Morgan fingerprint density at radius 2 is 2.06 bits per heavy atom. The largest absolute Gasteiger partial charge is 0.360 e. The predicted octanol–water partition coefficient (Wildman–Crippen LogP) is 5.85. The summed E-state index contributed by atoms with van der Waals surface area (Å²) in [5.41, 5.74) is 7.20. The van der Waals surface area contributed by atoms with E-state index in [0.29, 0.717) is 11.1 Å². The van der Waals surface area contributed by atoms with Gasteiger partial charge in [-0.3, -0.25) is 4.68 Å². The molecule has 5 rings (SSSR count). The summed E-state index contributed by atoms with van der Waals surface area (Å²) in [4.78, 5) is 2.16. The van der Waals surface area contributed by atoms with Gasteiger partial charge in [-0.2, -0.15) is 5.10 Å². The summed E-state index contributed by atoms with van der Waals surface area (Å²) in [6.45, 7) is 6.79. The summed E-state index contributed by atoms with van der Waals surface area (Å²) in [5, 5.41) is 11.1. The molecule has 0 bridgehead atoms. The second kappa shape index (κ2) is 7.41. The normalized spacial score (nSPS) is 17.2. The van der Waals surface area contributed by atoms with Crippen molar-refractivity contribution in [3.05, 3.63) is 66.0 Å². The number of halogens is 2. The van der Waals surface area contributed by atoms with Crippen molar-refractivity contribution in [1.82, 2.24) is 9.78 Å². The number of rotatable bonds is 4. The molecule has 0 spiro atoms. The highest BCUT2D eigenvalue weighted by molar-refractivity contribution is 5.91. The Labute approximate surface area is 180 Å². The van der Waals surface area contributed by atoms with Gasteiger partial charge in [-0.15, -0.1) is 0 Å². The average Bonchev–Trinajstić information content (AvgIpc) is 3.38. The minimum atomic E-state index is -2.57. The van der Waals surface area contributed by atoms with Gasteiger partial charge in [0.1, 0.15) is 6.17 Å². The summed E-state index contributed by atoms with van der Waals surface area (Å²) >= 11 is 0. The first kappa shape index (κ1) is 19.6. The lowest BCUT2D eigenvalue weighted by atomic mass is 9.92. The fourth-order valence-electron chi connectivity index (χ4n) is 4.51. The van der Waals surface area contributed by atoms with E-state index >= 15 is 0 Å². The molecular weight excluding hydrogens is 396 g/mol. The van der Waals surface area contributed by atoms with Gasteiger partial charge in [0.2, 0.25) is 0 Å². The number of nitrogens with zero attached hydrogens (tertiary/aromatic N) is 3. The fourth-order valence-corrected chi connectivity index (χ4v) is 4.51. The topological polar surface area (TPSA) is 45.1 Å². The van der Waals surface area contributed by atoms with Crippen LogP contribution in [0.15, 0.2) is 54.9 Å². The molecule has 0 saturated heterocycles. The molecule has 5 nitrogen and oxygen atoms in total. The molecule has 0 fully saturated rings. The quantitative estimate of drug-likeness (QED) is 0.519. The highest BCUT2D eigenvalue weighted by atomic mass is 19.3. The molecule has 2 aromatic carbocycles. The molecule has 1 atom stereocenters. The summed E-state index contributed by atoms with van der Waals surface area (Å²) in [5.74, 6) is 0. The molecule has 2 N–H and O–H groups in total. The third-order valence-electron chi connectivity index (χ3n) is 6.03. The molecule has 0 saturated carbocycles. The predicted molar refractivity (Wildman–Crippen MR) is 121 cm³/mol. The Kier molecular flexibility index (Phi) is 4.68. The smallest absolute Gasteiger partial charge is 0.264 e. The first-order chi connectivity index (χ1) is 14.9. The second-order valence-corrected chi connectivity index (χ2v) is 8.29. The first-order valence-corrected chi connectivity index (χ1v) is 10.5. The van der Waals surface area contributed by atoms with Gasteiger partial charge in [-0.1, -0.05) is 12.6 Å². The summed E-state index contributed by atoms with van der Waals surface area (Å²) in [7, 11) is 1.79. The number of aromatic nitrogens is 2. The van der Waals surface area contributed by atoms with Crippen LogP contribution in [0.3, 0.4) is 0 Å². The van der Waals surface area contributed by atoms with E-state index < -0.39 is 6.43 Å². The number of nitrogens with one attached hydrogen (secondary N) is 2. The van der Waals surface area contributed by atoms with Crippen molar-refractivity contribution in [2.45, 2.75) is 32.4 Å². The standard InChI is InChI=1S/C24H25F2N5/c1-14(2)24-28-19-7-4-8-20(22(19)29-24)31-9-5-6-15-10-17(16-12-27-30(3)13-16)18(23(25)26)11-21(15)31/h4,7-8,10-13,23-24,28-29H,1,5-6,9H2,2-3H3/t24-/m1/s1. The minimum absolute atomic E-state index is 0.0370. The number of para-hydroxylation sites is 1. The lowest BCUT2D eigenvalue weighted by Gasteiger charge is -2.33. The lowest BCUT2D eigenvalue weighted by molar-refractivity contribution is 0.152. The minimum Gasteiger partial charge on any atom is -0.360 e. The summed E-state index contributed by atoms with van der Waals surface area (Å²) in [6.07, 6.45) is 2.63. The van der Waals surface area contributed by atoms with E-state index in [1.165, 1.54) is 0 Å². The average molecular weight is 421 g/mol. The van der Waals surface area contributed by atoms with Crippen LogP contribution in [-0.2, 0) is 13.5 Å². The van der Waals surface area contributed by atoms with Gasteiger partial charge >= 0.3 is 0 Å². The monoisotopic (exact) mass is 421 g/mol. The van der Waals surface area contributed by atoms with Crippen LogP contribution in [0.1, 0.15) is 30.9 Å². The van der Waals surface area contributed by atoms with Crippen molar-refractivity contribution in [3.8, 4) is 11.1 Å². The molecule has 0 radical (unpaired) electrons. The molecule has 7 heteroatoms. The summed E-state index contributed by atoms with van der Waals surface area (Å²) < 4.78 is 29.8. The van der Waals surface area contributed by atoms with Crippen LogP contribution >= 0.6 is 0 Å². The fraction of sp³-hybridized carbons (Fsp3) is 0.292. The van der Waals surface area contributed by atoms with Gasteiger partial charge in [-0.25, -0.2) is 8.78 Å². The molecule has 31 heavy (non-hydrogen) atoms. The third-order valence-corrected chi connectivity index (χ3v) is 6.03. The van der Waals surface area contributed by atoms with Crippen molar-refractivity contribution < 1.29 is 8.78 Å². The van der Waals surface area contributed by atoms with Crippen LogP contribution in [0.25, 0.3) is 11.1 Å². The molecule has 3 aromatic rings. The number of aryl methyl sites for hydroxylation is 2. The zero-order chi connectivity index (χ0) is 21.7. The Hall–Kier alpha value is -3.35. The second-order valence-electron chi connectivity index (χ2n) is 8.29. The van der Waals surface area contributed by atoms with Crippen molar-refractivity contribution >= 4 is 22.7 Å². The van der Waals surface area contributed by atoms with Crippen molar-refractivity contribution in [2.75, 3.05) is 22.1 Å². The molecule has 160 valence electrons. The van der Waals surface area contributed by atoms with E-state index in [-0.39, 0.29) is 11.7 Å². The van der Waals surface area contributed by atoms with E-state index in [9.17, 15) is 8.78 Å². The van der Waals surface area contributed by atoms with E-state index in [2.05, 4.69) is 27.2 Å². The van der Waals surface area contributed by atoms with Crippen molar-refractivity contribution in [2.24, 2.45) is 7.05 Å². The van der Waals surface area contributed by atoms with E-state index in [1.807, 2.05) is 31.2 Å². The maximum Gasteiger partial charge on any atom is 0.264 e. The van der Waals surface area contributed by atoms with E-state index in [0.717, 1.165) is 53.3 Å². The Bertz CT molecular complexity index is 1170. The molecule has 0 amide bonds. The van der Waals surface area contributed by atoms with Crippen molar-refractivity contribution in [3.63, 3.8) is 0 Å². The number of hydrogen-bond acceptors (Lipinski definition) is 4. The SMILES string of the molecule is C=C(C)[C@@H]1Nc2cccc(N3CCCc4cc(-c5cnn(C)c5)c(C(F)F)cc43)c2N1. The first-order valence-electron chi connectivity index (χ1n) is 10.5. The lowest BCUT2D eigenvalue weighted by Crippen LogP contribution is -2.26. The Balaban J connectivity index is 1.62. The Morgan fingerprint density at radius 1 is 1.23 bits per heavy atom. The van der Waals surface area contributed by atoms with Crippen LogP contribution in [0, 0.1) is 0 Å². The van der Waals surface area contributed by atoms with Gasteiger partial charge in [-0.05, 0) is 60.7 Å². The number of benzene rings is 2.